The van der Waals surface area contributed by atoms with Crippen molar-refractivity contribution in [3.8, 4) is 6.07 Å². The molecule has 0 bridgehead atoms. The summed E-state index contributed by atoms with van der Waals surface area (Å²) in [4.78, 5) is 14.4. The largest absolute Gasteiger partial charge is 0.379 e. The monoisotopic (exact) mass is 341 g/mol. The van der Waals surface area contributed by atoms with Crippen LogP contribution in [0, 0.1) is 11.3 Å². The van der Waals surface area contributed by atoms with E-state index in [1.807, 2.05) is 30.3 Å². The molecule has 1 fully saturated rings. The van der Waals surface area contributed by atoms with E-state index in [1.165, 1.54) is 5.56 Å². The number of nitrogens with zero attached hydrogens (tertiary/aromatic N) is 2. The molecule has 2 rings (SSSR count). The molecular weight excluding hydrogens is 314 g/mol. The lowest BCUT2D eigenvalue weighted by molar-refractivity contribution is -0.117. The Hall–Kier alpha value is -2.16. The van der Waals surface area contributed by atoms with E-state index in [2.05, 4.69) is 31.0 Å². The topological polar surface area (TPSA) is 65.4 Å². The lowest BCUT2D eigenvalue weighted by Crippen LogP contribution is -2.41. The molecule has 1 saturated heterocycles. The van der Waals surface area contributed by atoms with Crippen LogP contribution in [-0.2, 0) is 14.9 Å². The fourth-order valence-corrected chi connectivity index (χ4v) is 2.64. The maximum absolute atomic E-state index is 12.2. The molecule has 0 aromatic heterocycles. The molecule has 1 aromatic rings. The molecule has 1 amide bonds. The first kappa shape index (κ1) is 19.2. The van der Waals surface area contributed by atoms with Gasteiger partial charge in [0.25, 0.3) is 5.91 Å². The van der Waals surface area contributed by atoms with E-state index in [-0.39, 0.29) is 16.9 Å². The summed E-state index contributed by atoms with van der Waals surface area (Å²) in [5.74, 6) is -0.323. The molecule has 0 saturated carbocycles. The van der Waals surface area contributed by atoms with Crippen LogP contribution in [0.1, 0.15) is 31.9 Å². The molecule has 0 atom stereocenters. The zero-order chi connectivity index (χ0) is 18.3. The molecule has 0 unspecified atom stereocenters. The lowest BCUT2D eigenvalue weighted by Gasteiger charge is -2.26. The fraction of sp³-hybridized carbons (Fsp3) is 0.500. The third kappa shape index (κ3) is 6.00. The van der Waals surface area contributed by atoms with Crippen LogP contribution >= 0.6 is 0 Å². The highest BCUT2D eigenvalue weighted by Gasteiger charge is 2.14. The molecule has 1 aliphatic rings. The van der Waals surface area contributed by atoms with E-state index < -0.39 is 0 Å². The number of hydrogen-bond donors (Lipinski definition) is 1. The van der Waals surface area contributed by atoms with Crippen molar-refractivity contribution in [1.29, 1.82) is 5.26 Å². The predicted octanol–water partition coefficient (Wildman–Crippen LogP) is 2.34. The lowest BCUT2D eigenvalue weighted by atomic mass is 9.86. The third-order valence-corrected chi connectivity index (χ3v) is 4.27. The summed E-state index contributed by atoms with van der Waals surface area (Å²) in [5, 5.41) is 12.1. The first-order valence-electron chi connectivity index (χ1n) is 8.71. The van der Waals surface area contributed by atoms with Crippen LogP contribution in [0.2, 0.25) is 0 Å². The molecule has 1 aliphatic heterocycles. The summed E-state index contributed by atoms with van der Waals surface area (Å²) in [6, 6.07) is 9.96. The van der Waals surface area contributed by atoms with Gasteiger partial charge in [-0.15, -0.1) is 0 Å². The summed E-state index contributed by atoms with van der Waals surface area (Å²) >= 11 is 0. The minimum absolute atomic E-state index is 0.0805. The van der Waals surface area contributed by atoms with E-state index >= 15 is 0 Å². The van der Waals surface area contributed by atoms with Gasteiger partial charge in [0, 0.05) is 26.2 Å². The Kier molecular flexibility index (Phi) is 6.74. The number of benzene rings is 1. The molecule has 5 heteroatoms. The predicted molar refractivity (Wildman–Crippen MR) is 99.0 cm³/mol. The van der Waals surface area contributed by atoms with Crippen LogP contribution in [0.25, 0.3) is 6.08 Å². The van der Waals surface area contributed by atoms with Crippen LogP contribution in [-0.4, -0.2) is 50.2 Å². The zero-order valence-electron chi connectivity index (χ0n) is 15.3. The number of carbonyl (C=O) groups excluding carboxylic acids is 1. The highest BCUT2D eigenvalue weighted by Crippen LogP contribution is 2.22. The molecule has 1 heterocycles. The van der Waals surface area contributed by atoms with Gasteiger partial charge in [-0.1, -0.05) is 45.0 Å². The van der Waals surface area contributed by atoms with Gasteiger partial charge in [-0.2, -0.15) is 5.26 Å². The first-order valence-corrected chi connectivity index (χ1v) is 8.71. The van der Waals surface area contributed by atoms with Crippen molar-refractivity contribution in [2.24, 2.45) is 0 Å². The van der Waals surface area contributed by atoms with Crippen molar-refractivity contribution in [2.75, 3.05) is 39.4 Å². The van der Waals surface area contributed by atoms with Crippen molar-refractivity contribution in [3.63, 3.8) is 0 Å². The molecule has 0 aliphatic carbocycles. The van der Waals surface area contributed by atoms with Gasteiger partial charge in [0.05, 0.1) is 13.2 Å². The number of nitrogens with one attached hydrogen (secondary N) is 1. The van der Waals surface area contributed by atoms with Crippen molar-refractivity contribution in [3.05, 3.63) is 41.0 Å². The van der Waals surface area contributed by atoms with Gasteiger partial charge in [-0.05, 0) is 22.6 Å². The molecule has 1 N–H and O–H groups in total. The van der Waals surface area contributed by atoms with E-state index in [4.69, 9.17) is 4.74 Å². The minimum atomic E-state index is -0.323. The normalized spacial score (nSPS) is 16.3. The third-order valence-electron chi connectivity index (χ3n) is 4.27. The summed E-state index contributed by atoms with van der Waals surface area (Å²) in [6.45, 7) is 11.0. The number of rotatable bonds is 5. The van der Waals surface area contributed by atoms with E-state index in [9.17, 15) is 10.1 Å². The Bertz CT molecular complexity index is 645. The van der Waals surface area contributed by atoms with Gasteiger partial charge < -0.3 is 10.1 Å². The molecule has 0 spiro atoms. The van der Waals surface area contributed by atoms with Crippen LogP contribution in [0.3, 0.4) is 0 Å². The highest BCUT2D eigenvalue weighted by atomic mass is 16.5. The van der Waals surface area contributed by atoms with E-state index in [0.29, 0.717) is 6.54 Å². The zero-order valence-corrected chi connectivity index (χ0v) is 15.3. The Labute approximate surface area is 150 Å². The smallest absolute Gasteiger partial charge is 0.261 e. The Morgan fingerprint density at radius 1 is 1.28 bits per heavy atom. The van der Waals surface area contributed by atoms with Crippen LogP contribution in [0.4, 0.5) is 0 Å². The first-order chi connectivity index (χ1) is 11.9. The van der Waals surface area contributed by atoms with Crippen molar-refractivity contribution in [2.45, 2.75) is 26.2 Å². The quantitative estimate of drug-likeness (QED) is 0.659. The average Bonchev–Trinajstić information content (AvgIpc) is 2.60. The van der Waals surface area contributed by atoms with Gasteiger partial charge in [-0.25, -0.2) is 0 Å². The van der Waals surface area contributed by atoms with E-state index in [1.54, 1.807) is 6.08 Å². The van der Waals surface area contributed by atoms with Crippen LogP contribution in [0.15, 0.2) is 29.8 Å². The SMILES string of the molecule is CC(C)(C)c1ccc(/C=C(\C#N)C(=O)NCCN2CCOCC2)cc1. The second-order valence-corrected chi connectivity index (χ2v) is 7.25. The summed E-state index contributed by atoms with van der Waals surface area (Å²) in [5.41, 5.74) is 2.29. The van der Waals surface area contributed by atoms with Gasteiger partial charge in [0.1, 0.15) is 11.6 Å². The Morgan fingerprint density at radius 2 is 1.92 bits per heavy atom. The van der Waals surface area contributed by atoms with Crippen LogP contribution < -0.4 is 5.32 Å². The van der Waals surface area contributed by atoms with E-state index in [0.717, 1.165) is 38.4 Å². The molecular formula is C20H27N3O2. The van der Waals surface area contributed by atoms with Gasteiger partial charge in [0.2, 0.25) is 0 Å². The van der Waals surface area contributed by atoms with Crippen molar-refractivity contribution in [1.82, 2.24) is 10.2 Å². The second-order valence-electron chi connectivity index (χ2n) is 7.25. The molecule has 1 aromatic carbocycles. The van der Waals surface area contributed by atoms with Gasteiger partial charge >= 0.3 is 0 Å². The number of hydrogen-bond acceptors (Lipinski definition) is 4. The minimum Gasteiger partial charge on any atom is -0.379 e. The maximum atomic E-state index is 12.2. The average molecular weight is 341 g/mol. The molecule has 0 radical (unpaired) electrons. The standard InChI is InChI=1S/C20H27N3O2/c1-20(2,3)18-6-4-16(5-7-18)14-17(15-21)19(24)22-8-9-23-10-12-25-13-11-23/h4-7,14H,8-13H2,1-3H3,(H,22,24)/b17-14+. The fourth-order valence-electron chi connectivity index (χ4n) is 2.64. The number of morpholine rings is 1. The molecule has 25 heavy (non-hydrogen) atoms. The summed E-state index contributed by atoms with van der Waals surface area (Å²) < 4.78 is 5.30. The summed E-state index contributed by atoms with van der Waals surface area (Å²) in [6.07, 6.45) is 1.64. The maximum Gasteiger partial charge on any atom is 0.261 e. The second kappa shape index (κ2) is 8.80. The van der Waals surface area contributed by atoms with Gasteiger partial charge in [-0.3, -0.25) is 9.69 Å². The number of nitriles is 1. The van der Waals surface area contributed by atoms with Gasteiger partial charge in [0.15, 0.2) is 0 Å². The van der Waals surface area contributed by atoms with Crippen molar-refractivity contribution >= 4 is 12.0 Å². The van der Waals surface area contributed by atoms with Crippen molar-refractivity contribution < 1.29 is 9.53 Å². The summed E-state index contributed by atoms with van der Waals surface area (Å²) in [7, 11) is 0. The number of ether oxygens (including phenoxy) is 1. The highest BCUT2D eigenvalue weighted by molar-refractivity contribution is 6.01. The molecule has 5 nitrogen and oxygen atoms in total. The van der Waals surface area contributed by atoms with Crippen LogP contribution in [0.5, 0.6) is 0 Å². The number of carbonyl (C=O) groups is 1. The Balaban J connectivity index is 1.92. The Morgan fingerprint density at radius 3 is 2.48 bits per heavy atom. The number of amides is 1. The molecule has 134 valence electrons.